The van der Waals surface area contributed by atoms with Crippen molar-refractivity contribution in [2.45, 2.75) is 51.0 Å². The molecule has 0 aromatic heterocycles. The Morgan fingerprint density at radius 3 is 2.26 bits per heavy atom. The molecule has 4 bridgehead atoms. The lowest BCUT2D eigenvalue weighted by molar-refractivity contribution is -0.148. The third kappa shape index (κ3) is 1.93. The molecule has 1 atom stereocenters. The molecule has 0 aromatic carbocycles. The Morgan fingerprint density at radius 1 is 1.05 bits per heavy atom. The SMILES string of the molecule is NCC1CCC(=O)N(C2C3CC4CC(C3)CC2C4)C1. The molecule has 5 aliphatic rings. The van der Waals surface area contributed by atoms with E-state index >= 15 is 0 Å². The van der Waals surface area contributed by atoms with Crippen LogP contribution >= 0.6 is 0 Å². The van der Waals surface area contributed by atoms with Crippen LogP contribution in [0.25, 0.3) is 0 Å². The molecule has 1 saturated heterocycles. The minimum atomic E-state index is 0.419. The Bertz CT molecular complexity index is 353. The van der Waals surface area contributed by atoms with E-state index in [4.69, 9.17) is 5.73 Å². The number of hydrogen-bond donors (Lipinski definition) is 1. The summed E-state index contributed by atoms with van der Waals surface area (Å²) < 4.78 is 0. The molecule has 4 aliphatic carbocycles. The standard InChI is InChI=1S/C16H26N2O/c17-8-10-1-2-15(19)18(9-10)16-13-4-11-3-12(6-13)7-14(16)5-11/h10-14,16H,1-9,17H2. The molecule has 1 heterocycles. The summed E-state index contributed by atoms with van der Waals surface area (Å²) in [6.45, 7) is 1.69. The quantitative estimate of drug-likeness (QED) is 0.827. The Labute approximate surface area is 115 Å². The van der Waals surface area contributed by atoms with Crippen LogP contribution in [0.5, 0.6) is 0 Å². The Hall–Kier alpha value is -0.570. The lowest BCUT2D eigenvalue weighted by atomic mass is 9.53. The predicted molar refractivity (Wildman–Crippen MR) is 74.3 cm³/mol. The van der Waals surface area contributed by atoms with E-state index in [0.717, 1.165) is 49.6 Å². The maximum Gasteiger partial charge on any atom is 0.222 e. The molecule has 3 nitrogen and oxygen atoms in total. The molecule has 2 N–H and O–H groups in total. The average Bonchev–Trinajstić information content (AvgIpc) is 2.39. The highest BCUT2D eigenvalue weighted by Crippen LogP contribution is 2.55. The number of piperidine rings is 1. The summed E-state index contributed by atoms with van der Waals surface area (Å²) in [7, 11) is 0. The van der Waals surface area contributed by atoms with Gasteiger partial charge in [0.05, 0.1) is 0 Å². The van der Waals surface area contributed by atoms with Crippen LogP contribution in [0, 0.1) is 29.6 Å². The number of rotatable bonds is 2. The van der Waals surface area contributed by atoms with Crippen molar-refractivity contribution in [3.05, 3.63) is 0 Å². The second kappa shape index (κ2) is 4.47. The molecule has 5 rings (SSSR count). The van der Waals surface area contributed by atoms with E-state index in [9.17, 15) is 4.79 Å². The molecule has 5 fully saturated rings. The van der Waals surface area contributed by atoms with Crippen molar-refractivity contribution in [3.63, 3.8) is 0 Å². The lowest BCUT2D eigenvalue weighted by Crippen LogP contribution is -2.59. The van der Waals surface area contributed by atoms with Gasteiger partial charge in [0.1, 0.15) is 0 Å². The second-order valence-electron chi connectivity index (χ2n) is 7.61. The van der Waals surface area contributed by atoms with Crippen molar-refractivity contribution >= 4 is 5.91 Å². The molecule has 1 amide bonds. The Kier molecular flexibility index (Phi) is 2.87. The van der Waals surface area contributed by atoms with Crippen LogP contribution in [0.1, 0.15) is 44.9 Å². The summed E-state index contributed by atoms with van der Waals surface area (Å²) >= 11 is 0. The first-order valence-corrected chi connectivity index (χ1v) is 8.24. The fraction of sp³-hybridized carbons (Fsp3) is 0.938. The lowest BCUT2D eigenvalue weighted by Gasteiger charge is -2.58. The van der Waals surface area contributed by atoms with Gasteiger partial charge in [0.15, 0.2) is 0 Å². The van der Waals surface area contributed by atoms with E-state index in [-0.39, 0.29) is 0 Å². The Balaban J connectivity index is 1.56. The highest BCUT2D eigenvalue weighted by molar-refractivity contribution is 5.77. The maximum absolute atomic E-state index is 12.4. The van der Waals surface area contributed by atoms with E-state index in [2.05, 4.69) is 4.90 Å². The molecule has 0 radical (unpaired) electrons. The van der Waals surface area contributed by atoms with E-state index in [1.54, 1.807) is 0 Å². The van der Waals surface area contributed by atoms with Crippen LogP contribution in [0.3, 0.4) is 0 Å². The highest BCUT2D eigenvalue weighted by atomic mass is 16.2. The summed E-state index contributed by atoms with van der Waals surface area (Å²) in [5.74, 6) is 4.58. The average molecular weight is 262 g/mol. The van der Waals surface area contributed by atoms with E-state index in [1.807, 2.05) is 0 Å². The molecule has 4 saturated carbocycles. The summed E-state index contributed by atoms with van der Waals surface area (Å²) in [5, 5.41) is 0. The van der Waals surface area contributed by atoms with Gasteiger partial charge in [-0.1, -0.05) is 0 Å². The van der Waals surface area contributed by atoms with Crippen LogP contribution in [0.2, 0.25) is 0 Å². The van der Waals surface area contributed by atoms with Crippen LogP contribution in [-0.2, 0) is 4.79 Å². The molecule has 19 heavy (non-hydrogen) atoms. The van der Waals surface area contributed by atoms with Crippen LogP contribution in [-0.4, -0.2) is 29.9 Å². The first kappa shape index (κ1) is 12.2. The monoisotopic (exact) mass is 262 g/mol. The van der Waals surface area contributed by atoms with Gasteiger partial charge in [-0.05, 0) is 74.7 Å². The molecular formula is C16H26N2O. The minimum Gasteiger partial charge on any atom is -0.339 e. The van der Waals surface area contributed by atoms with Gasteiger partial charge in [0, 0.05) is 19.0 Å². The minimum absolute atomic E-state index is 0.419. The Morgan fingerprint density at radius 2 is 1.68 bits per heavy atom. The fourth-order valence-electron chi connectivity index (χ4n) is 5.83. The maximum atomic E-state index is 12.4. The van der Waals surface area contributed by atoms with Gasteiger partial charge >= 0.3 is 0 Å². The first-order valence-electron chi connectivity index (χ1n) is 8.24. The number of nitrogens with zero attached hydrogens (tertiary/aromatic N) is 1. The highest BCUT2D eigenvalue weighted by Gasteiger charge is 2.51. The first-order chi connectivity index (χ1) is 9.24. The van der Waals surface area contributed by atoms with E-state index in [1.165, 1.54) is 32.1 Å². The summed E-state index contributed by atoms with van der Waals surface area (Å²) in [4.78, 5) is 14.6. The second-order valence-corrected chi connectivity index (χ2v) is 7.61. The van der Waals surface area contributed by atoms with Crippen LogP contribution in [0.4, 0.5) is 0 Å². The van der Waals surface area contributed by atoms with Gasteiger partial charge in [0.2, 0.25) is 5.91 Å². The molecule has 1 unspecified atom stereocenters. The number of carbonyl (C=O) groups is 1. The fourth-order valence-corrected chi connectivity index (χ4v) is 5.83. The normalized spacial score (nSPS) is 48.9. The van der Waals surface area contributed by atoms with Gasteiger partial charge in [-0.15, -0.1) is 0 Å². The number of nitrogens with two attached hydrogens (primary N) is 1. The zero-order valence-corrected chi connectivity index (χ0v) is 11.8. The number of carbonyl (C=O) groups excluding carboxylic acids is 1. The molecule has 0 aromatic rings. The van der Waals surface area contributed by atoms with E-state index in [0.29, 0.717) is 17.9 Å². The summed E-state index contributed by atoms with van der Waals surface area (Å²) in [6, 6.07) is 0.578. The zero-order chi connectivity index (χ0) is 13.0. The van der Waals surface area contributed by atoms with Gasteiger partial charge in [-0.2, -0.15) is 0 Å². The van der Waals surface area contributed by atoms with Gasteiger partial charge < -0.3 is 10.6 Å². The van der Waals surface area contributed by atoms with Crippen LogP contribution in [0.15, 0.2) is 0 Å². The van der Waals surface area contributed by atoms with Crippen molar-refractivity contribution in [1.29, 1.82) is 0 Å². The molecule has 106 valence electrons. The van der Waals surface area contributed by atoms with Gasteiger partial charge in [-0.25, -0.2) is 0 Å². The van der Waals surface area contributed by atoms with E-state index < -0.39 is 0 Å². The molecular weight excluding hydrogens is 236 g/mol. The summed E-state index contributed by atoms with van der Waals surface area (Å²) in [6.07, 6.45) is 8.83. The van der Waals surface area contributed by atoms with Crippen molar-refractivity contribution < 1.29 is 4.79 Å². The molecule has 1 aliphatic heterocycles. The smallest absolute Gasteiger partial charge is 0.222 e. The van der Waals surface area contributed by atoms with Crippen molar-refractivity contribution in [3.8, 4) is 0 Å². The van der Waals surface area contributed by atoms with Crippen LogP contribution < -0.4 is 5.73 Å². The van der Waals surface area contributed by atoms with Crippen molar-refractivity contribution in [2.24, 2.45) is 35.3 Å². The third-order valence-corrected chi connectivity index (χ3v) is 6.41. The molecule has 3 heteroatoms. The van der Waals surface area contributed by atoms with Gasteiger partial charge in [-0.3, -0.25) is 4.79 Å². The molecule has 0 spiro atoms. The topological polar surface area (TPSA) is 46.3 Å². The third-order valence-electron chi connectivity index (χ3n) is 6.41. The zero-order valence-electron chi connectivity index (χ0n) is 11.8. The van der Waals surface area contributed by atoms with Crippen molar-refractivity contribution in [1.82, 2.24) is 4.90 Å². The summed E-state index contributed by atoms with van der Waals surface area (Å²) in [5.41, 5.74) is 5.85. The number of hydrogen-bond acceptors (Lipinski definition) is 2. The number of likely N-dealkylation sites (tertiary alicyclic amines) is 1. The number of amides is 1. The largest absolute Gasteiger partial charge is 0.339 e. The van der Waals surface area contributed by atoms with Gasteiger partial charge in [0.25, 0.3) is 0 Å². The predicted octanol–water partition coefficient (Wildman–Crippen LogP) is 2.01. The van der Waals surface area contributed by atoms with Crippen molar-refractivity contribution in [2.75, 3.05) is 13.1 Å².